The SMILES string of the molecule is CC(C)(C)c1csc(Cc2ccc(N)cc2F)n1. The number of hydrogen-bond donors (Lipinski definition) is 1. The second-order valence-electron chi connectivity index (χ2n) is 5.40. The van der Waals surface area contributed by atoms with E-state index in [4.69, 9.17) is 5.73 Å². The van der Waals surface area contributed by atoms with Crippen LogP contribution in [0.4, 0.5) is 10.1 Å². The van der Waals surface area contributed by atoms with Gasteiger partial charge in [0.2, 0.25) is 0 Å². The van der Waals surface area contributed by atoms with Gasteiger partial charge in [-0.3, -0.25) is 0 Å². The van der Waals surface area contributed by atoms with Crippen molar-refractivity contribution in [2.45, 2.75) is 32.6 Å². The second-order valence-corrected chi connectivity index (χ2v) is 6.35. The zero-order valence-corrected chi connectivity index (χ0v) is 11.6. The van der Waals surface area contributed by atoms with Crippen molar-refractivity contribution < 1.29 is 4.39 Å². The number of halogens is 1. The Balaban J connectivity index is 2.21. The minimum Gasteiger partial charge on any atom is -0.399 e. The Morgan fingerprint density at radius 2 is 2.06 bits per heavy atom. The Labute approximate surface area is 111 Å². The van der Waals surface area contributed by atoms with Gasteiger partial charge in [-0.1, -0.05) is 26.8 Å². The van der Waals surface area contributed by atoms with Crippen molar-refractivity contribution in [3.63, 3.8) is 0 Å². The number of nitrogens with two attached hydrogens (primary N) is 1. The molecule has 2 aromatic rings. The van der Waals surface area contributed by atoms with Crippen molar-refractivity contribution in [1.82, 2.24) is 4.98 Å². The largest absolute Gasteiger partial charge is 0.399 e. The summed E-state index contributed by atoms with van der Waals surface area (Å²) < 4.78 is 13.7. The number of hydrogen-bond acceptors (Lipinski definition) is 3. The van der Waals surface area contributed by atoms with Gasteiger partial charge in [0.1, 0.15) is 5.82 Å². The fraction of sp³-hybridized carbons (Fsp3) is 0.357. The minimum absolute atomic E-state index is 0.0361. The predicted molar refractivity (Wildman–Crippen MR) is 74.4 cm³/mol. The molecule has 0 atom stereocenters. The van der Waals surface area contributed by atoms with Crippen LogP contribution in [-0.2, 0) is 11.8 Å². The maximum atomic E-state index is 13.7. The molecule has 0 fully saturated rings. The highest BCUT2D eigenvalue weighted by Crippen LogP contribution is 2.25. The van der Waals surface area contributed by atoms with Crippen molar-refractivity contribution in [3.8, 4) is 0 Å². The van der Waals surface area contributed by atoms with Gasteiger partial charge in [-0.05, 0) is 17.7 Å². The molecule has 0 amide bonds. The summed E-state index contributed by atoms with van der Waals surface area (Å²) in [5, 5.41) is 2.98. The zero-order chi connectivity index (χ0) is 13.3. The van der Waals surface area contributed by atoms with E-state index in [-0.39, 0.29) is 11.2 Å². The third kappa shape index (κ3) is 2.88. The number of nitrogen functional groups attached to an aromatic ring is 1. The van der Waals surface area contributed by atoms with Gasteiger partial charge < -0.3 is 5.73 Å². The van der Waals surface area contributed by atoms with Crippen molar-refractivity contribution >= 4 is 17.0 Å². The lowest BCUT2D eigenvalue weighted by molar-refractivity contribution is 0.570. The lowest BCUT2D eigenvalue weighted by Crippen LogP contribution is -2.11. The molecule has 0 aliphatic heterocycles. The monoisotopic (exact) mass is 264 g/mol. The summed E-state index contributed by atoms with van der Waals surface area (Å²) in [5.74, 6) is -0.262. The molecule has 2 nitrogen and oxygen atoms in total. The minimum atomic E-state index is -0.262. The molecular weight excluding hydrogens is 247 g/mol. The van der Waals surface area contributed by atoms with Crippen LogP contribution in [0.5, 0.6) is 0 Å². The van der Waals surface area contributed by atoms with Crippen molar-refractivity contribution in [2.75, 3.05) is 5.73 Å². The Morgan fingerprint density at radius 1 is 1.33 bits per heavy atom. The maximum absolute atomic E-state index is 13.7. The second kappa shape index (κ2) is 4.69. The van der Waals surface area contributed by atoms with E-state index >= 15 is 0 Å². The summed E-state index contributed by atoms with van der Waals surface area (Å²) in [7, 11) is 0. The van der Waals surface area contributed by atoms with Crippen LogP contribution in [0, 0.1) is 5.82 Å². The molecule has 0 saturated heterocycles. The molecular formula is C14H17FN2S. The fourth-order valence-corrected chi connectivity index (χ4v) is 2.65. The number of anilines is 1. The molecule has 0 saturated carbocycles. The van der Waals surface area contributed by atoms with E-state index in [1.54, 1.807) is 23.5 Å². The van der Waals surface area contributed by atoms with Gasteiger partial charge in [-0.25, -0.2) is 9.37 Å². The molecule has 1 aromatic carbocycles. The van der Waals surface area contributed by atoms with Crippen molar-refractivity contribution in [1.29, 1.82) is 0 Å². The Morgan fingerprint density at radius 3 is 2.61 bits per heavy atom. The fourth-order valence-electron chi connectivity index (χ4n) is 1.61. The van der Waals surface area contributed by atoms with E-state index < -0.39 is 0 Å². The summed E-state index contributed by atoms with van der Waals surface area (Å²) in [5.41, 5.74) is 7.71. The van der Waals surface area contributed by atoms with Crippen molar-refractivity contribution in [3.05, 3.63) is 45.7 Å². The Bertz CT molecular complexity index is 555. The summed E-state index contributed by atoms with van der Waals surface area (Å²) in [6, 6.07) is 4.80. The van der Waals surface area contributed by atoms with E-state index in [1.807, 2.05) is 5.38 Å². The topological polar surface area (TPSA) is 38.9 Å². The lowest BCUT2D eigenvalue weighted by Gasteiger charge is -2.14. The quantitative estimate of drug-likeness (QED) is 0.839. The summed E-state index contributed by atoms with van der Waals surface area (Å²) in [6.45, 7) is 6.36. The average molecular weight is 264 g/mol. The van der Waals surface area contributed by atoms with Crippen LogP contribution in [0.15, 0.2) is 23.6 Å². The first-order valence-electron chi connectivity index (χ1n) is 5.85. The molecule has 4 heteroatoms. The number of benzene rings is 1. The maximum Gasteiger partial charge on any atom is 0.128 e. The molecule has 1 heterocycles. The highest BCUT2D eigenvalue weighted by atomic mass is 32.1. The van der Waals surface area contributed by atoms with Gasteiger partial charge >= 0.3 is 0 Å². The summed E-state index contributed by atoms with van der Waals surface area (Å²) in [4.78, 5) is 4.56. The van der Waals surface area contributed by atoms with Crippen LogP contribution in [0.25, 0.3) is 0 Å². The Hall–Kier alpha value is -1.42. The molecule has 2 N–H and O–H groups in total. The van der Waals surface area contributed by atoms with Gasteiger partial charge in [0, 0.05) is 22.9 Å². The first-order chi connectivity index (χ1) is 8.36. The number of thiazole rings is 1. The standard InChI is InChI=1S/C14H17FN2S/c1-14(2,3)12-8-18-13(17-12)6-9-4-5-10(16)7-11(9)15/h4-5,7-8H,6,16H2,1-3H3. The highest BCUT2D eigenvalue weighted by molar-refractivity contribution is 7.09. The van der Waals surface area contributed by atoms with Crippen LogP contribution in [0.1, 0.15) is 37.0 Å². The van der Waals surface area contributed by atoms with Crippen molar-refractivity contribution in [2.24, 2.45) is 0 Å². The van der Waals surface area contributed by atoms with E-state index in [1.165, 1.54) is 6.07 Å². The smallest absolute Gasteiger partial charge is 0.128 e. The Kier molecular flexibility index (Phi) is 3.39. The third-order valence-electron chi connectivity index (χ3n) is 2.74. The predicted octanol–water partition coefficient (Wildman–Crippen LogP) is 3.75. The zero-order valence-electron chi connectivity index (χ0n) is 10.8. The molecule has 0 bridgehead atoms. The van der Waals surface area contributed by atoms with E-state index in [2.05, 4.69) is 25.8 Å². The molecule has 0 aliphatic carbocycles. The molecule has 0 unspecified atom stereocenters. The molecule has 1 aromatic heterocycles. The number of aromatic nitrogens is 1. The van der Waals surface area contributed by atoms with E-state index in [9.17, 15) is 4.39 Å². The molecule has 0 radical (unpaired) electrons. The summed E-state index contributed by atoms with van der Waals surface area (Å²) in [6.07, 6.45) is 0.521. The summed E-state index contributed by atoms with van der Waals surface area (Å²) >= 11 is 1.58. The number of rotatable bonds is 2. The molecule has 96 valence electrons. The first kappa shape index (κ1) is 13.0. The third-order valence-corrected chi connectivity index (χ3v) is 3.59. The van der Waals surface area contributed by atoms with Crippen LogP contribution in [0.3, 0.4) is 0 Å². The van der Waals surface area contributed by atoms with Gasteiger partial charge in [0.05, 0.1) is 10.7 Å². The molecule has 0 spiro atoms. The van der Waals surface area contributed by atoms with Crippen LogP contribution in [-0.4, -0.2) is 4.98 Å². The highest BCUT2D eigenvalue weighted by Gasteiger charge is 2.17. The van der Waals surface area contributed by atoms with Gasteiger partial charge in [-0.15, -0.1) is 11.3 Å². The molecule has 18 heavy (non-hydrogen) atoms. The van der Waals surface area contributed by atoms with Crippen LogP contribution >= 0.6 is 11.3 Å². The van der Waals surface area contributed by atoms with Gasteiger partial charge in [0.15, 0.2) is 0 Å². The lowest BCUT2D eigenvalue weighted by atomic mass is 9.93. The van der Waals surface area contributed by atoms with E-state index in [0.29, 0.717) is 17.7 Å². The van der Waals surface area contributed by atoms with Gasteiger partial charge in [0.25, 0.3) is 0 Å². The van der Waals surface area contributed by atoms with Gasteiger partial charge in [-0.2, -0.15) is 0 Å². The number of nitrogens with zero attached hydrogens (tertiary/aromatic N) is 1. The van der Waals surface area contributed by atoms with E-state index in [0.717, 1.165) is 10.7 Å². The average Bonchev–Trinajstić information content (AvgIpc) is 2.70. The molecule has 2 rings (SSSR count). The van der Waals surface area contributed by atoms with Crippen LogP contribution in [0.2, 0.25) is 0 Å². The normalized spacial score (nSPS) is 11.8. The van der Waals surface area contributed by atoms with Crippen LogP contribution < -0.4 is 5.73 Å². The first-order valence-corrected chi connectivity index (χ1v) is 6.73. The molecule has 0 aliphatic rings.